The van der Waals surface area contributed by atoms with Gasteiger partial charge in [-0.05, 0) is 0 Å². The lowest BCUT2D eigenvalue weighted by Crippen LogP contribution is -1.91. The second-order valence-corrected chi connectivity index (χ2v) is 2.40. The van der Waals surface area contributed by atoms with Gasteiger partial charge in [-0.3, -0.25) is 4.98 Å². The van der Waals surface area contributed by atoms with Crippen LogP contribution in [0.3, 0.4) is 0 Å². The van der Waals surface area contributed by atoms with Crippen molar-refractivity contribution in [3.63, 3.8) is 0 Å². The second-order valence-electron chi connectivity index (χ2n) is 2.40. The van der Waals surface area contributed by atoms with Crippen LogP contribution in [0.2, 0.25) is 0 Å². The molecule has 0 N–H and O–H groups in total. The summed E-state index contributed by atoms with van der Waals surface area (Å²) in [6.45, 7) is 6.09. The van der Waals surface area contributed by atoms with Gasteiger partial charge in [-0.1, -0.05) is 20.8 Å². The first-order valence-corrected chi connectivity index (χ1v) is 4.67. The zero-order valence-electron chi connectivity index (χ0n) is 8.36. The molecule has 13 heavy (non-hydrogen) atoms. The van der Waals surface area contributed by atoms with E-state index >= 15 is 0 Å². The van der Waals surface area contributed by atoms with Crippen molar-refractivity contribution in [1.82, 2.24) is 14.4 Å². The van der Waals surface area contributed by atoms with Crippen LogP contribution < -0.4 is 0 Å². The van der Waals surface area contributed by atoms with E-state index in [1.54, 1.807) is 6.20 Å². The number of aromatic nitrogens is 3. The molecule has 0 spiro atoms. The number of hydrogen-bond donors (Lipinski definition) is 0. The summed E-state index contributed by atoms with van der Waals surface area (Å²) in [5.41, 5.74) is 1.06. The van der Waals surface area contributed by atoms with Crippen molar-refractivity contribution < 1.29 is 0 Å². The molecular weight excluding hydrogens is 162 g/mol. The molecule has 2 heterocycles. The Morgan fingerprint density at radius 1 is 1.31 bits per heavy atom. The molecule has 2 aromatic heterocycles. The molecular formula is C10H15N3. The van der Waals surface area contributed by atoms with Crippen LogP contribution in [0.25, 0.3) is 5.52 Å². The fourth-order valence-corrected chi connectivity index (χ4v) is 1.17. The van der Waals surface area contributed by atoms with E-state index in [-0.39, 0.29) is 0 Å². The maximum atomic E-state index is 4.24. The third-order valence-electron chi connectivity index (χ3n) is 1.73. The minimum absolute atomic E-state index is 0.957. The number of aryl methyl sites for hydroxylation is 1. The van der Waals surface area contributed by atoms with Crippen LogP contribution in [0.15, 0.2) is 24.8 Å². The predicted molar refractivity (Wildman–Crippen MR) is 53.7 cm³/mol. The van der Waals surface area contributed by atoms with Gasteiger partial charge in [-0.25, -0.2) is 4.98 Å². The van der Waals surface area contributed by atoms with E-state index in [4.69, 9.17) is 0 Å². The van der Waals surface area contributed by atoms with E-state index in [9.17, 15) is 0 Å². The molecule has 0 bridgehead atoms. The SMILES string of the molecule is CC.CCc1ncc2cnccn12. The highest BCUT2D eigenvalue weighted by Gasteiger charge is 1.97. The normalized spacial score (nSPS) is 9.46. The predicted octanol–water partition coefficient (Wildman–Crippen LogP) is 2.32. The molecule has 70 valence electrons. The van der Waals surface area contributed by atoms with Gasteiger partial charge in [-0.2, -0.15) is 0 Å². The molecule has 2 aromatic rings. The first-order chi connectivity index (χ1) is 6.42. The third-order valence-corrected chi connectivity index (χ3v) is 1.73. The van der Waals surface area contributed by atoms with Gasteiger partial charge in [0.2, 0.25) is 0 Å². The van der Waals surface area contributed by atoms with Crippen molar-refractivity contribution in [2.75, 3.05) is 0 Å². The highest BCUT2D eigenvalue weighted by molar-refractivity contribution is 5.42. The number of imidazole rings is 1. The smallest absolute Gasteiger partial charge is 0.113 e. The van der Waals surface area contributed by atoms with Gasteiger partial charge in [0.1, 0.15) is 5.82 Å². The van der Waals surface area contributed by atoms with Crippen LogP contribution in [0.4, 0.5) is 0 Å². The molecule has 0 radical (unpaired) electrons. The molecule has 3 heteroatoms. The van der Waals surface area contributed by atoms with Gasteiger partial charge in [0.05, 0.1) is 17.9 Å². The Hall–Kier alpha value is -1.38. The number of nitrogens with zero attached hydrogens (tertiary/aromatic N) is 3. The molecule has 0 saturated heterocycles. The van der Waals surface area contributed by atoms with E-state index in [0.29, 0.717) is 0 Å². The molecule has 0 aliphatic carbocycles. The maximum absolute atomic E-state index is 4.24. The summed E-state index contributed by atoms with van der Waals surface area (Å²) in [7, 11) is 0. The van der Waals surface area contributed by atoms with Crippen LogP contribution >= 0.6 is 0 Å². The number of fused-ring (bicyclic) bond motifs is 1. The van der Waals surface area contributed by atoms with Gasteiger partial charge >= 0.3 is 0 Å². The summed E-state index contributed by atoms with van der Waals surface area (Å²) < 4.78 is 2.05. The molecule has 0 aliphatic heterocycles. The minimum Gasteiger partial charge on any atom is -0.301 e. The lowest BCUT2D eigenvalue weighted by Gasteiger charge is -1.94. The minimum atomic E-state index is 0.957. The van der Waals surface area contributed by atoms with Crippen molar-refractivity contribution in [2.45, 2.75) is 27.2 Å². The lowest BCUT2D eigenvalue weighted by molar-refractivity contribution is 0.927. The summed E-state index contributed by atoms with van der Waals surface area (Å²) in [6, 6.07) is 0. The Balaban J connectivity index is 0.000000396. The van der Waals surface area contributed by atoms with E-state index in [1.165, 1.54) is 0 Å². The topological polar surface area (TPSA) is 30.2 Å². The standard InChI is InChI=1S/C8H9N3.C2H6/c1-2-8-10-6-7-5-9-3-4-11(7)8;1-2/h3-6H,2H2,1H3;1-2H3. The lowest BCUT2D eigenvalue weighted by atomic mass is 10.4. The third kappa shape index (κ3) is 1.86. The van der Waals surface area contributed by atoms with Crippen molar-refractivity contribution in [3.8, 4) is 0 Å². The van der Waals surface area contributed by atoms with Gasteiger partial charge in [0, 0.05) is 18.8 Å². The first-order valence-electron chi connectivity index (χ1n) is 4.67. The molecule has 0 aromatic carbocycles. The first kappa shape index (κ1) is 9.71. The van der Waals surface area contributed by atoms with E-state index in [1.807, 2.05) is 36.8 Å². The quantitative estimate of drug-likeness (QED) is 0.669. The summed E-state index contributed by atoms with van der Waals surface area (Å²) in [5, 5.41) is 0. The van der Waals surface area contributed by atoms with Crippen molar-refractivity contribution in [1.29, 1.82) is 0 Å². The largest absolute Gasteiger partial charge is 0.301 e. The van der Waals surface area contributed by atoms with E-state index in [2.05, 4.69) is 16.9 Å². The molecule has 3 nitrogen and oxygen atoms in total. The Morgan fingerprint density at radius 2 is 2.08 bits per heavy atom. The van der Waals surface area contributed by atoms with Crippen molar-refractivity contribution in [3.05, 3.63) is 30.6 Å². The Kier molecular flexibility index (Phi) is 3.43. The summed E-state index contributed by atoms with van der Waals surface area (Å²) in [6.07, 6.45) is 8.31. The summed E-state index contributed by atoms with van der Waals surface area (Å²) >= 11 is 0. The van der Waals surface area contributed by atoms with Crippen LogP contribution in [0.5, 0.6) is 0 Å². The summed E-state index contributed by atoms with van der Waals surface area (Å²) in [5.74, 6) is 1.09. The Bertz CT molecular complexity index is 365. The van der Waals surface area contributed by atoms with Crippen molar-refractivity contribution >= 4 is 5.52 Å². The molecule has 0 unspecified atom stereocenters. The molecule has 0 amide bonds. The van der Waals surface area contributed by atoms with Gasteiger partial charge < -0.3 is 4.40 Å². The van der Waals surface area contributed by atoms with Gasteiger partial charge in [0.25, 0.3) is 0 Å². The highest BCUT2D eigenvalue weighted by atomic mass is 15.0. The van der Waals surface area contributed by atoms with Crippen LogP contribution in [-0.4, -0.2) is 14.4 Å². The van der Waals surface area contributed by atoms with E-state index < -0.39 is 0 Å². The number of rotatable bonds is 1. The molecule has 0 atom stereocenters. The monoisotopic (exact) mass is 177 g/mol. The average molecular weight is 177 g/mol. The van der Waals surface area contributed by atoms with Crippen molar-refractivity contribution in [2.24, 2.45) is 0 Å². The number of hydrogen-bond acceptors (Lipinski definition) is 2. The van der Waals surface area contributed by atoms with Gasteiger partial charge in [-0.15, -0.1) is 0 Å². The van der Waals surface area contributed by atoms with E-state index in [0.717, 1.165) is 17.8 Å². The highest BCUT2D eigenvalue weighted by Crippen LogP contribution is 2.03. The van der Waals surface area contributed by atoms with Crippen LogP contribution in [-0.2, 0) is 6.42 Å². The fraction of sp³-hybridized carbons (Fsp3) is 0.400. The van der Waals surface area contributed by atoms with Crippen LogP contribution in [0.1, 0.15) is 26.6 Å². The maximum Gasteiger partial charge on any atom is 0.113 e. The second kappa shape index (κ2) is 4.60. The molecule has 0 saturated carbocycles. The molecule has 2 rings (SSSR count). The zero-order chi connectivity index (χ0) is 9.68. The zero-order valence-corrected chi connectivity index (χ0v) is 8.36. The van der Waals surface area contributed by atoms with Gasteiger partial charge in [0.15, 0.2) is 0 Å². The van der Waals surface area contributed by atoms with Crippen LogP contribution in [0, 0.1) is 0 Å². The fourth-order valence-electron chi connectivity index (χ4n) is 1.17. The molecule has 0 aliphatic rings. The molecule has 0 fully saturated rings. The summed E-state index contributed by atoms with van der Waals surface area (Å²) in [4.78, 5) is 8.24. The Morgan fingerprint density at radius 3 is 2.77 bits per heavy atom. The Labute approximate surface area is 78.5 Å². The average Bonchev–Trinajstić information content (AvgIpc) is 2.64.